The van der Waals surface area contributed by atoms with Crippen LogP contribution in [0.1, 0.15) is 44.9 Å². The van der Waals surface area contributed by atoms with E-state index in [1.165, 1.54) is 44.3 Å². The second kappa shape index (κ2) is 9.89. The lowest BCUT2D eigenvalue weighted by Crippen LogP contribution is -2.41. The van der Waals surface area contributed by atoms with Gasteiger partial charge in [-0.2, -0.15) is 11.8 Å². The summed E-state index contributed by atoms with van der Waals surface area (Å²) in [5.74, 6) is 3.35. The Morgan fingerprint density at radius 3 is 2.74 bits per heavy atom. The maximum atomic E-state index is 11.8. The lowest BCUT2D eigenvalue weighted by Gasteiger charge is -2.23. The number of rotatable bonds is 5. The Kier molecular flexibility index (Phi) is 8.92. The first-order valence-corrected chi connectivity index (χ1v) is 8.58. The summed E-state index contributed by atoms with van der Waals surface area (Å²) < 4.78 is 0. The van der Waals surface area contributed by atoms with Crippen LogP contribution in [0.25, 0.3) is 0 Å². The molecule has 1 saturated heterocycles. The zero-order valence-corrected chi connectivity index (χ0v) is 13.3. The molecule has 2 N–H and O–H groups in total. The highest BCUT2D eigenvalue weighted by atomic mass is 35.5. The van der Waals surface area contributed by atoms with Gasteiger partial charge in [-0.1, -0.05) is 32.1 Å². The highest BCUT2D eigenvalue weighted by molar-refractivity contribution is 7.99. The molecule has 1 heterocycles. The van der Waals surface area contributed by atoms with Crippen molar-refractivity contribution in [3.63, 3.8) is 0 Å². The van der Waals surface area contributed by atoms with Gasteiger partial charge in [-0.25, -0.2) is 0 Å². The number of carbonyl (C=O) groups is 1. The number of amides is 1. The van der Waals surface area contributed by atoms with Crippen molar-refractivity contribution in [2.45, 2.75) is 51.0 Å². The van der Waals surface area contributed by atoms with Crippen LogP contribution in [-0.4, -0.2) is 36.5 Å². The van der Waals surface area contributed by atoms with E-state index in [9.17, 15) is 4.79 Å². The average Bonchev–Trinajstić information content (AvgIpc) is 2.41. The standard InChI is InChI=1S/C14H26N2OS.ClH/c17-14(10-13-11-18-9-8-15-13)16-7-6-12-4-2-1-3-5-12;/h12-13,15H,1-11H2,(H,16,17);1H. The van der Waals surface area contributed by atoms with Crippen LogP contribution in [0, 0.1) is 5.92 Å². The fourth-order valence-corrected chi connectivity index (χ4v) is 3.89. The quantitative estimate of drug-likeness (QED) is 0.820. The normalized spacial score (nSPS) is 24.5. The number of halogens is 1. The van der Waals surface area contributed by atoms with Crippen molar-refractivity contribution < 1.29 is 4.79 Å². The number of hydrogen-bond donors (Lipinski definition) is 2. The summed E-state index contributed by atoms with van der Waals surface area (Å²) in [7, 11) is 0. The summed E-state index contributed by atoms with van der Waals surface area (Å²) in [4.78, 5) is 11.8. The molecule has 5 heteroatoms. The highest BCUT2D eigenvalue weighted by Crippen LogP contribution is 2.25. The van der Waals surface area contributed by atoms with E-state index >= 15 is 0 Å². The molecule has 19 heavy (non-hydrogen) atoms. The first kappa shape index (κ1) is 17.1. The minimum Gasteiger partial charge on any atom is -0.356 e. The average molecular weight is 307 g/mol. The van der Waals surface area contributed by atoms with Gasteiger partial charge in [0, 0.05) is 37.1 Å². The molecule has 1 unspecified atom stereocenters. The predicted molar refractivity (Wildman–Crippen MR) is 85.2 cm³/mol. The fourth-order valence-electron chi connectivity index (χ4n) is 2.94. The molecular weight excluding hydrogens is 280 g/mol. The molecule has 1 amide bonds. The van der Waals surface area contributed by atoms with Crippen LogP contribution in [0.5, 0.6) is 0 Å². The molecule has 0 bridgehead atoms. The molecule has 0 aromatic rings. The summed E-state index contributed by atoms with van der Waals surface area (Å²) in [6.45, 7) is 1.92. The van der Waals surface area contributed by atoms with Gasteiger partial charge in [0.25, 0.3) is 0 Å². The second-order valence-corrected chi connectivity index (χ2v) is 6.72. The van der Waals surface area contributed by atoms with Gasteiger partial charge in [-0.3, -0.25) is 4.79 Å². The van der Waals surface area contributed by atoms with E-state index in [2.05, 4.69) is 10.6 Å². The molecule has 2 rings (SSSR count). The second-order valence-electron chi connectivity index (χ2n) is 5.57. The van der Waals surface area contributed by atoms with Crippen LogP contribution in [0.2, 0.25) is 0 Å². The zero-order valence-electron chi connectivity index (χ0n) is 11.7. The monoisotopic (exact) mass is 306 g/mol. The van der Waals surface area contributed by atoms with E-state index in [1.54, 1.807) is 0 Å². The van der Waals surface area contributed by atoms with E-state index in [1.807, 2.05) is 11.8 Å². The third kappa shape index (κ3) is 6.87. The summed E-state index contributed by atoms with van der Waals surface area (Å²) >= 11 is 1.95. The fraction of sp³-hybridized carbons (Fsp3) is 0.929. The Bertz CT molecular complexity index is 254. The molecule has 1 atom stereocenters. The van der Waals surface area contributed by atoms with Crippen molar-refractivity contribution >= 4 is 30.1 Å². The molecule has 112 valence electrons. The first-order valence-electron chi connectivity index (χ1n) is 7.42. The van der Waals surface area contributed by atoms with Crippen LogP contribution in [0.15, 0.2) is 0 Å². The molecule has 0 aromatic heterocycles. The Morgan fingerprint density at radius 2 is 2.05 bits per heavy atom. The van der Waals surface area contributed by atoms with Crippen LogP contribution in [0.3, 0.4) is 0 Å². The third-order valence-electron chi connectivity index (χ3n) is 4.03. The van der Waals surface area contributed by atoms with E-state index in [4.69, 9.17) is 0 Å². The molecule has 0 aromatic carbocycles. The van der Waals surface area contributed by atoms with E-state index in [-0.39, 0.29) is 18.3 Å². The van der Waals surface area contributed by atoms with E-state index in [0.717, 1.165) is 24.8 Å². The van der Waals surface area contributed by atoms with Crippen molar-refractivity contribution in [2.24, 2.45) is 5.92 Å². The highest BCUT2D eigenvalue weighted by Gasteiger charge is 2.17. The van der Waals surface area contributed by atoms with Gasteiger partial charge in [0.05, 0.1) is 0 Å². The molecule has 0 radical (unpaired) electrons. The van der Waals surface area contributed by atoms with Crippen molar-refractivity contribution in [2.75, 3.05) is 24.6 Å². The molecule has 1 aliphatic carbocycles. The molecular formula is C14H27ClN2OS. The maximum Gasteiger partial charge on any atom is 0.221 e. The summed E-state index contributed by atoms with van der Waals surface area (Å²) in [5, 5.41) is 6.50. The molecule has 2 fully saturated rings. The van der Waals surface area contributed by atoms with Crippen molar-refractivity contribution in [1.82, 2.24) is 10.6 Å². The Morgan fingerprint density at radius 1 is 1.26 bits per heavy atom. The SMILES string of the molecule is Cl.O=C(CC1CSCCN1)NCCC1CCCCC1. The van der Waals surface area contributed by atoms with Gasteiger partial charge in [0.15, 0.2) is 0 Å². The number of thioether (sulfide) groups is 1. The number of hydrogen-bond acceptors (Lipinski definition) is 3. The predicted octanol–water partition coefficient (Wildman–Crippen LogP) is 2.59. The summed E-state index contributed by atoms with van der Waals surface area (Å²) in [5.41, 5.74) is 0. The van der Waals surface area contributed by atoms with Crippen LogP contribution in [0.4, 0.5) is 0 Å². The lowest BCUT2D eigenvalue weighted by atomic mass is 9.87. The molecule has 3 nitrogen and oxygen atoms in total. The minimum absolute atomic E-state index is 0. The van der Waals surface area contributed by atoms with Gasteiger partial charge in [0.1, 0.15) is 0 Å². The molecule has 2 aliphatic rings. The van der Waals surface area contributed by atoms with Crippen LogP contribution in [-0.2, 0) is 4.79 Å². The van der Waals surface area contributed by atoms with Gasteiger partial charge >= 0.3 is 0 Å². The van der Waals surface area contributed by atoms with E-state index < -0.39 is 0 Å². The summed E-state index contributed by atoms with van der Waals surface area (Å²) in [6.07, 6.45) is 8.77. The maximum absolute atomic E-state index is 11.8. The zero-order chi connectivity index (χ0) is 12.6. The largest absolute Gasteiger partial charge is 0.356 e. The third-order valence-corrected chi connectivity index (χ3v) is 5.16. The Balaban J connectivity index is 0.00000180. The van der Waals surface area contributed by atoms with E-state index in [0.29, 0.717) is 12.5 Å². The van der Waals surface area contributed by atoms with Gasteiger partial charge < -0.3 is 10.6 Å². The van der Waals surface area contributed by atoms with Crippen molar-refractivity contribution in [3.8, 4) is 0 Å². The Hall–Kier alpha value is 0.0700. The first-order chi connectivity index (χ1) is 8.84. The topological polar surface area (TPSA) is 41.1 Å². The van der Waals surface area contributed by atoms with Crippen molar-refractivity contribution in [1.29, 1.82) is 0 Å². The molecule has 1 aliphatic heterocycles. The van der Waals surface area contributed by atoms with Crippen LogP contribution >= 0.6 is 24.2 Å². The molecule has 0 spiro atoms. The van der Waals surface area contributed by atoms with Crippen LogP contribution < -0.4 is 10.6 Å². The minimum atomic E-state index is 0. The lowest BCUT2D eigenvalue weighted by molar-refractivity contribution is -0.121. The smallest absolute Gasteiger partial charge is 0.221 e. The number of nitrogens with one attached hydrogen (secondary N) is 2. The van der Waals surface area contributed by atoms with Gasteiger partial charge in [-0.15, -0.1) is 12.4 Å². The summed E-state index contributed by atoms with van der Waals surface area (Å²) in [6, 6.07) is 0.387. The Labute approximate surface area is 127 Å². The van der Waals surface area contributed by atoms with Gasteiger partial charge in [-0.05, 0) is 12.3 Å². The van der Waals surface area contributed by atoms with Gasteiger partial charge in [0.2, 0.25) is 5.91 Å². The molecule has 1 saturated carbocycles. The number of carbonyl (C=O) groups excluding carboxylic acids is 1. The van der Waals surface area contributed by atoms with Crippen molar-refractivity contribution in [3.05, 3.63) is 0 Å².